The van der Waals surface area contributed by atoms with E-state index < -0.39 is 0 Å². The Morgan fingerprint density at radius 2 is 2.05 bits per heavy atom. The van der Waals surface area contributed by atoms with Crippen molar-refractivity contribution in [2.24, 2.45) is 5.73 Å². The summed E-state index contributed by atoms with van der Waals surface area (Å²) < 4.78 is 0. The fraction of sp³-hybridized carbons (Fsp3) is 0.562. The number of likely N-dealkylation sites (tertiary alicyclic amines) is 1. The van der Waals surface area contributed by atoms with Crippen LogP contribution in [-0.4, -0.2) is 36.5 Å². The van der Waals surface area contributed by atoms with Gasteiger partial charge >= 0.3 is 0 Å². The van der Waals surface area contributed by atoms with E-state index in [9.17, 15) is 4.79 Å². The molecule has 4 rings (SSSR count). The molecular formula is C16H21N3O. The van der Waals surface area contributed by atoms with Crippen LogP contribution >= 0.6 is 0 Å². The standard InChI is InChI=1S/C16H21N3O/c17-15(20)11-1-4-14-13(9-11)16(10-18-14)5-7-19(8-6-16)12-2-3-12/h1,4,9,12,18H,2-3,5-8,10H2,(H2,17,20). The van der Waals surface area contributed by atoms with Crippen molar-refractivity contribution in [3.05, 3.63) is 29.3 Å². The molecule has 1 amide bonds. The predicted octanol–water partition coefficient (Wildman–Crippen LogP) is 1.71. The summed E-state index contributed by atoms with van der Waals surface area (Å²) in [5.41, 5.74) is 8.78. The van der Waals surface area contributed by atoms with E-state index in [1.807, 2.05) is 18.2 Å². The molecule has 1 aliphatic carbocycles. The first-order chi connectivity index (χ1) is 9.68. The highest BCUT2D eigenvalue weighted by atomic mass is 16.1. The normalized spacial score (nSPS) is 24.4. The third-order valence-electron chi connectivity index (χ3n) is 5.31. The molecule has 1 saturated carbocycles. The van der Waals surface area contributed by atoms with Gasteiger partial charge in [0.2, 0.25) is 5.91 Å². The minimum absolute atomic E-state index is 0.214. The van der Waals surface area contributed by atoms with Crippen LogP contribution in [0, 0.1) is 0 Å². The molecule has 3 N–H and O–H groups in total. The monoisotopic (exact) mass is 271 g/mol. The number of fused-ring (bicyclic) bond motifs is 2. The lowest BCUT2D eigenvalue weighted by molar-refractivity contribution is 0.1000. The van der Waals surface area contributed by atoms with Gasteiger partial charge in [0.15, 0.2) is 0 Å². The van der Waals surface area contributed by atoms with Crippen LogP contribution in [0.15, 0.2) is 18.2 Å². The van der Waals surface area contributed by atoms with Crippen molar-refractivity contribution in [3.63, 3.8) is 0 Å². The molecule has 1 aromatic carbocycles. The maximum atomic E-state index is 11.4. The van der Waals surface area contributed by atoms with Crippen molar-refractivity contribution in [2.75, 3.05) is 25.0 Å². The van der Waals surface area contributed by atoms with Crippen molar-refractivity contribution < 1.29 is 4.79 Å². The van der Waals surface area contributed by atoms with Crippen molar-refractivity contribution in [3.8, 4) is 0 Å². The van der Waals surface area contributed by atoms with Gasteiger partial charge in [0.1, 0.15) is 0 Å². The number of nitrogens with two attached hydrogens (primary N) is 1. The second-order valence-electron chi connectivity index (χ2n) is 6.53. The molecule has 106 valence electrons. The lowest BCUT2D eigenvalue weighted by Gasteiger charge is -2.39. The zero-order valence-electron chi connectivity index (χ0n) is 11.7. The molecule has 0 atom stereocenters. The topological polar surface area (TPSA) is 58.4 Å². The second-order valence-corrected chi connectivity index (χ2v) is 6.53. The van der Waals surface area contributed by atoms with Gasteiger partial charge in [-0.2, -0.15) is 0 Å². The molecule has 1 spiro atoms. The van der Waals surface area contributed by atoms with Crippen LogP contribution in [0.25, 0.3) is 0 Å². The molecule has 0 bridgehead atoms. The maximum Gasteiger partial charge on any atom is 0.248 e. The first-order valence-electron chi connectivity index (χ1n) is 7.60. The highest BCUT2D eigenvalue weighted by Gasteiger charge is 2.43. The van der Waals surface area contributed by atoms with Gasteiger partial charge in [0.25, 0.3) is 0 Å². The van der Waals surface area contributed by atoms with E-state index in [0.717, 1.165) is 12.6 Å². The Morgan fingerprint density at radius 3 is 2.70 bits per heavy atom. The van der Waals surface area contributed by atoms with Crippen LogP contribution in [0.1, 0.15) is 41.6 Å². The largest absolute Gasteiger partial charge is 0.384 e. The first-order valence-corrected chi connectivity index (χ1v) is 7.60. The Morgan fingerprint density at radius 1 is 1.30 bits per heavy atom. The summed E-state index contributed by atoms with van der Waals surface area (Å²) in [6.45, 7) is 3.38. The molecule has 2 heterocycles. The maximum absolute atomic E-state index is 11.4. The van der Waals surface area contributed by atoms with Gasteiger partial charge in [0.05, 0.1) is 0 Å². The third-order valence-corrected chi connectivity index (χ3v) is 5.31. The molecule has 2 aliphatic heterocycles. The Hall–Kier alpha value is -1.55. The smallest absolute Gasteiger partial charge is 0.248 e. The summed E-state index contributed by atoms with van der Waals surface area (Å²) in [6, 6.07) is 6.71. The van der Waals surface area contributed by atoms with Gasteiger partial charge < -0.3 is 16.0 Å². The van der Waals surface area contributed by atoms with Crippen LogP contribution in [0.3, 0.4) is 0 Å². The zero-order chi connectivity index (χ0) is 13.7. The van der Waals surface area contributed by atoms with E-state index in [4.69, 9.17) is 5.73 Å². The molecular weight excluding hydrogens is 250 g/mol. The van der Waals surface area contributed by atoms with E-state index in [2.05, 4.69) is 10.2 Å². The SMILES string of the molecule is NC(=O)c1ccc2c(c1)C1(CCN(C3CC3)CC1)CN2. The van der Waals surface area contributed by atoms with Gasteiger partial charge in [-0.1, -0.05) is 0 Å². The van der Waals surface area contributed by atoms with Gasteiger partial charge in [-0.3, -0.25) is 4.79 Å². The van der Waals surface area contributed by atoms with Gasteiger partial charge in [-0.05, 0) is 62.5 Å². The number of carbonyl (C=O) groups excluding carboxylic acids is 1. The minimum Gasteiger partial charge on any atom is -0.384 e. The second kappa shape index (κ2) is 4.22. The highest BCUT2D eigenvalue weighted by molar-refractivity contribution is 5.93. The number of benzene rings is 1. The van der Waals surface area contributed by atoms with Crippen molar-refractivity contribution in [1.29, 1.82) is 0 Å². The van der Waals surface area contributed by atoms with E-state index in [0.29, 0.717) is 5.56 Å². The number of hydrogen-bond donors (Lipinski definition) is 2. The van der Waals surface area contributed by atoms with Crippen molar-refractivity contribution in [1.82, 2.24) is 4.90 Å². The Labute approximate surface area is 119 Å². The van der Waals surface area contributed by atoms with Crippen LogP contribution in [0.4, 0.5) is 5.69 Å². The van der Waals surface area contributed by atoms with E-state index in [1.165, 1.54) is 50.0 Å². The number of nitrogens with zero attached hydrogens (tertiary/aromatic N) is 1. The lowest BCUT2D eigenvalue weighted by atomic mass is 9.74. The number of carbonyl (C=O) groups is 1. The summed E-state index contributed by atoms with van der Waals surface area (Å²) in [4.78, 5) is 14.1. The fourth-order valence-corrected chi connectivity index (χ4v) is 3.85. The van der Waals surface area contributed by atoms with Gasteiger partial charge in [0, 0.05) is 29.3 Å². The van der Waals surface area contributed by atoms with Crippen molar-refractivity contribution >= 4 is 11.6 Å². The average molecular weight is 271 g/mol. The predicted molar refractivity (Wildman–Crippen MR) is 79.0 cm³/mol. The summed E-state index contributed by atoms with van der Waals surface area (Å²) in [5, 5.41) is 3.52. The minimum atomic E-state index is -0.328. The van der Waals surface area contributed by atoms with Gasteiger partial charge in [-0.15, -0.1) is 0 Å². The molecule has 0 aromatic heterocycles. The summed E-state index contributed by atoms with van der Waals surface area (Å²) in [7, 11) is 0. The molecule has 2 fully saturated rings. The Kier molecular flexibility index (Phi) is 2.58. The van der Waals surface area contributed by atoms with Crippen LogP contribution in [0.2, 0.25) is 0 Å². The summed E-state index contributed by atoms with van der Waals surface area (Å²) in [5.74, 6) is -0.328. The number of primary amides is 1. The van der Waals surface area contributed by atoms with Crippen LogP contribution in [-0.2, 0) is 5.41 Å². The molecule has 0 radical (unpaired) electrons. The van der Waals surface area contributed by atoms with Crippen molar-refractivity contribution in [2.45, 2.75) is 37.1 Å². The number of hydrogen-bond acceptors (Lipinski definition) is 3. The molecule has 0 unspecified atom stereocenters. The molecule has 20 heavy (non-hydrogen) atoms. The summed E-state index contributed by atoms with van der Waals surface area (Å²) in [6.07, 6.45) is 5.14. The van der Waals surface area contributed by atoms with E-state index in [1.54, 1.807) is 0 Å². The Balaban J connectivity index is 1.62. The number of piperidine rings is 1. The number of rotatable bonds is 2. The summed E-state index contributed by atoms with van der Waals surface area (Å²) >= 11 is 0. The number of nitrogens with one attached hydrogen (secondary N) is 1. The lowest BCUT2D eigenvalue weighted by Crippen LogP contribution is -2.44. The molecule has 4 heteroatoms. The quantitative estimate of drug-likeness (QED) is 0.861. The fourth-order valence-electron chi connectivity index (χ4n) is 3.85. The van der Waals surface area contributed by atoms with E-state index in [-0.39, 0.29) is 11.3 Å². The van der Waals surface area contributed by atoms with E-state index >= 15 is 0 Å². The first kappa shape index (κ1) is 12.2. The molecule has 4 nitrogen and oxygen atoms in total. The van der Waals surface area contributed by atoms with Crippen LogP contribution in [0.5, 0.6) is 0 Å². The van der Waals surface area contributed by atoms with Crippen LogP contribution < -0.4 is 11.1 Å². The molecule has 1 saturated heterocycles. The van der Waals surface area contributed by atoms with Gasteiger partial charge in [-0.25, -0.2) is 0 Å². The highest BCUT2D eigenvalue weighted by Crippen LogP contribution is 2.45. The Bertz CT molecular complexity index is 557. The molecule has 3 aliphatic rings. The average Bonchev–Trinajstić information content (AvgIpc) is 3.25. The third kappa shape index (κ3) is 1.82. The number of amides is 1. The zero-order valence-corrected chi connectivity index (χ0v) is 11.7. The number of anilines is 1. The molecule has 1 aromatic rings.